The van der Waals surface area contributed by atoms with Gasteiger partial charge in [0.25, 0.3) is 0 Å². The summed E-state index contributed by atoms with van der Waals surface area (Å²) in [5.41, 5.74) is 2.64. The molecule has 7 rings (SSSR count). The highest BCUT2D eigenvalue weighted by Crippen LogP contribution is 2.41. The second kappa shape index (κ2) is 13.6. The molecule has 240 valence electrons. The summed E-state index contributed by atoms with van der Waals surface area (Å²) in [5.74, 6) is -1.91. The minimum Gasteiger partial charge on any atom is -0.459 e. The van der Waals surface area contributed by atoms with Gasteiger partial charge in [0.1, 0.15) is 35.2 Å². The monoisotopic (exact) mass is 660 g/mol. The Bertz CT molecular complexity index is 2090. The van der Waals surface area contributed by atoms with Crippen molar-refractivity contribution in [2.75, 3.05) is 12.9 Å². The van der Waals surface area contributed by atoms with Crippen molar-refractivity contribution < 1.29 is 33.3 Å². The number of pyridine rings is 1. The highest BCUT2D eigenvalue weighted by molar-refractivity contribution is 7.98. The second-order valence-corrected chi connectivity index (χ2v) is 11.6. The number of fused-ring (bicyclic) bond motifs is 3. The molecular formula is C36H28N4O7S. The molecule has 0 N–H and O–H groups in total. The number of hydrogen-bond acceptors (Lipinski definition) is 11. The van der Waals surface area contributed by atoms with Crippen molar-refractivity contribution in [1.82, 2.24) is 19.5 Å². The van der Waals surface area contributed by atoms with Crippen LogP contribution in [-0.2, 0) is 18.9 Å². The van der Waals surface area contributed by atoms with Gasteiger partial charge in [0.2, 0.25) is 0 Å². The van der Waals surface area contributed by atoms with E-state index in [0.717, 1.165) is 0 Å². The van der Waals surface area contributed by atoms with Gasteiger partial charge in [-0.3, -0.25) is 9.55 Å². The Morgan fingerprint density at radius 1 is 0.729 bits per heavy atom. The Labute approximate surface area is 278 Å². The summed E-state index contributed by atoms with van der Waals surface area (Å²) in [6, 6.07) is 29.0. The molecule has 0 saturated carbocycles. The summed E-state index contributed by atoms with van der Waals surface area (Å²) in [4.78, 5) is 53.9. The molecule has 0 unspecified atom stereocenters. The van der Waals surface area contributed by atoms with E-state index in [4.69, 9.17) is 18.9 Å². The molecule has 12 heteroatoms. The molecule has 0 aliphatic carbocycles. The number of aromatic nitrogens is 4. The van der Waals surface area contributed by atoms with Crippen molar-refractivity contribution in [3.63, 3.8) is 0 Å². The lowest BCUT2D eigenvalue weighted by Crippen LogP contribution is -2.41. The van der Waals surface area contributed by atoms with Gasteiger partial charge in [-0.25, -0.2) is 24.4 Å². The van der Waals surface area contributed by atoms with Crippen LogP contribution in [0.1, 0.15) is 37.3 Å². The Hall–Kier alpha value is -5.59. The van der Waals surface area contributed by atoms with E-state index >= 15 is 0 Å². The molecule has 6 aromatic rings. The quantitative estimate of drug-likeness (QED) is 0.0794. The predicted molar refractivity (Wildman–Crippen MR) is 177 cm³/mol. The van der Waals surface area contributed by atoms with E-state index in [1.807, 2.05) is 12.3 Å². The summed E-state index contributed by atoms with van der Waals surface area (Å²) in [7, 11) is 0. The summed E-state index contributed by atoms with van der Waals surface area (Å²) in [5, 5.41) is 1.38. The van der Waals surface area contributed by atoms with Gasteiger partial charge in [-0.15, -0.1) is 11.8 Å². The number of rotatable bonds is 9. The number of ether oxygens (including phenoxy) is 4. The number of carbonyl (C=O) groups excluding carboxylic acids is 3. The first-order valence-corrected chi connectivity index (χ1v) is 16.3. The fourth-order valence-corrected chi connectivity index (χ4v) is 6.27. The molecular weight excluding hydrogens is 632 g/mol. The molecule has 3 aromatic carbocycles. The van der Waals surface area contributed by atoms with Crippen LogP contribution in [0.2, 0.25) is 0 Å². The minimum atomic E-state index is -1.21. The van der Waals surface area contributed by atoms with Crippen molar-refractivity contribution in [2.24, 2.45) is 0 Å². The number of thioether (sulfide) groups is 1. The predicted octanol–water partition coefficient (Wildman–Crippen LogP) is 5.91. The van der Waals surface area contributed by atoms with Gasteiger partial charge in [-0.1, -0.05) is 54.6 Å². The molecule has 0 amide bonds. The number of carbonyl (C=O) groups is 3. The molecule has 4 atom stereocenters. The van der Waals surface area contributed by atoms with E-state index < -0.39 is 42.4 Å². The second-order valence-electron chi connectivity index (χ2n) is 10.8. The maximum Gasteiger partial charge on any atom is 0.338 e. The van der Waals surface area contributed by atoms with Crippen LogP contribution in [0.4, 0.5) is 0 Å². The van der Waals surface area contributed by atoms with Crippen LogP contribution in [0, 0.1) is 0 Å². The molecule has 3 aromatic heterocycles. The van der Waals surface area contributed by atoms with Crippen molar-refractivity contribution in [2.45, 2.75) is 29.6 Å². The van der Waals surface area contributed by atoms with E-state index in [1.54, 1.807) is 108 Å². The molecule has 0 bridgehead atoms. The van der Waals surface area contributed by atoms with Crippen LogP contribution in [0.3, 0.4) is 0 Å². The first kappa shape index (κ1) is 31.0. The van der Waals surface area contributed by atoms with Gasteiger partial charge in [0.05, 0.1) is 27.6 Å². The van der Waals surface area contributed by atoms with Crippen molar-refractivity contribution in [3.05, 3.63) is 132 Å². The molecule has 0 radical (unpaired) electrons. The van der Waals surface area contributed by atoms with Gasteiger partial charge < -0.3 is 18.9 Å². The van der Waals surface area contributed by atoms with Gasteiger partial charge in [0, 0.05) is 6.20 Å². The number of nitrogens with zero attached hydrogens (tertiary/aromatic N) is 4. The molecule has 48 heavy (non-hydrogen) atoms. The maximum absolute atomic E-state index is 13.6. The topological polar surface area (TPSA) is 132 Å². The Kier molecular flexibility index (Phi) is 8.82. The lowest BCUT2D eigenvalue weighted by molar-refractivity contribution is -0.0588. The van der Waals surface area contributed by atoms with Crippen molar-refractivity contribution >= 4 is 51.7 Å². The normalized spacial score (nSPS) is 18.9. The smallest absolute Gasteiger partial charge is 0.338 e. The van der Waals surface area contributed by atoms with E-state index in [2.05, 4.69) is 15.0 Å². The van der Waals surface area contributed by atoms with Crippen LogP contribution < -0.4 is 0 Å². The van der Waals surface area contributed by atoms with Crippen LogP contribution in [-0.4, -0.2) is 68.6 Å². The summed E-state index contributed by atoms with van der Waals surface area (Å²) < 4.78 is 26.4. The zero-order chi connectivity index (χ0) is 33.0. The molecule has 1 aliphatic heterocycles. The van der Waals surface area contributed by atoms with E-state index in [-0.39, 0.29) is 12.2 Å². The zero-order valence-electron chi connectivity index (χ0n) is 25.5. The number of hydrogen-bond donors (Lipinski definition) is 0. The summed E-state index contributed by atoms with van der Waals surface area (Å²) in [6.07, 6.45) is 0.468. The fraction of sp³-hybridized carbons (Fsp3) is 0.167. The van der Waals surface area contributed by atoms with Gasteiger partial charge >= 0.3 is 17.9 Å². The zero-order valence-corrected chi connectivity index (χ0v) is 26.4. The molecule has 1 saturated heterocycles. The van der Waals surface area contributed by atoms with E-state index in [1.165, 1.54) is 18.1 Å². The molecule has 11 nitrogen and oxygen atoms in total. The van der Waals surface area contributed by atoms with Crippen LogP contribution in [0.25, 0.3) is 22.1 Å². The highest BCUT2D eigenvalue weighted by Gasteiger charge is 2.52. The Morgan fingerprint density at radius 3 is 1.92 bits per heavy atom. The molecule has 0 spiro atoms. The number of benzene rings is 3. The van der Waals surface area contributed by atoms with Gasteiger partial charge in [-0.05, 0) is 54.8 Å². The van der Waals surface area contributed by atoms with Gasteiger partial charge in [-0.2, -0.15) is 0 Å². The SMILES string of the molecule is CSc1ncnc2c1c1ncccc1n2[C@@H]1O[C@H](COC(=O)c2ccccc2)[C@@H](OC(=O)c2ccccc2)[C@H]1OC(=O)c1ccccc1. The Balaban J connectivity index is 1.34. The number of esters is 3. The third kappa shape index (κ3) is 5.98. The average molecular weight is 661 g/mol. The highest BCUT2D eigenvalue weighted by atomic mass is 32.2. The third-order valence-corrected chi connectivity index (χ3v) is 8.63. The van der Waals surface area contributed by atoms with Gasteiger partial charge in [0.15, 0.2) is 18.4 Å². The lowest BCUT2D eigenvalue weighted by atomic mass is 10.1. The molecule has 1 aliphatic rings. The average Bonchev–Trinajstić information content (AvgIpc) is 3.65. The largest absolute Gasteiger partial charge is 0.459 e. The van der Waals surface area contributed by atoms with E-state index in [9.17, 15) is 14.4 Å². The fourth-order valence-electron chi connectivity index (χ4n) is 5.73. The van der Waals surface area contributed by atoms with Crippen LogP contribution in [0.15, 0.2) is 121 Å². The van der Waals surface area contributed by atoms with Crippen LogP contribution >= 0.6 is 11.8 Å². The minimum absolute atomic E-state index is 0.285. The maximum atomic E-state index is 13.6. The van der Waals surface area contributed by atoms with E-state index in [0.29, 0.717) is 38.2 Å². The first-order chi connectivity index (χ1) is 23.5. The molecule has 4 heterocycles. The Morgan fingerprint density at radius 2 is 1.31 bits per heavy atom. The van der Waals surface area contributed by atoms with Crippen molar-refractivity contribution in [3.8, 4) is 0 Å². The summed E-state index contributed by atoms with van der Waals surface area (Å²) in [6.45, 7) is -0.309. The standard InChI is InChI=1S/C36H28N4O7S/c1-48-32-27-28-25(18-11-19-37-28)40(31(27)38-21-39-32)33-30(47-36(43)24-16-9-4-10-17-24)29(46-35(42)23-14-7-3-8-15-23)26(45-33)20-44-34(41)22-12-5-2-6-13-22/h2-19,21,26,29-30,33H,20H2,1H3/t26-,29-,30-,33-/m1/s1. The first-order valence-electron chi connectivity index (χ1n) is 15.1. The lowest BCUT2D eigenvalue weighted by Gasteiger charge is -2.25. The summed E-state index contributed by atoms with van der Waals surface area (Å²) >= 11 is 1.44. The third-order valence-electron chi connectivity index (χ3n) is 7.93. The molecule has 1 fully saturated rings. The van der Waals surface area contributed by atoms with Crippen LogP contribution in [0.5, 0.6) is 0 Å². The van der Waals surface area contributed by atoms with Crippen molar-refractivity contribution in [1.29, 1.82) is 0 Å².